The van der Waals surface area contributed by atoms with Crippen molar-refractivity contribution in [2.45, 2.75) is 59.0 Å². The molecule has 0 aliphatic rings. The van der Waals surface area contributed by atoms with Crippen molar-refractivity contribution < 1.29 is 23.2 Å². The van der Waals surface area contributed by atoms with E-state index in [1.165, 1.54) is 0 Å². The summed E-state index contributed by atoms with van der Waals surface area (Å²) in [7, 11) is 0. The van der Waals surface area contributed by atoms with E-state index in [2.05, 4.69) is 0 Å². The van der Waals surface area contributed by atoms with Crippen molar-refractivity contribution in [2.75, 3.05) is 13.1 Å². The van der Waals surface area contributed by atoms with Crippen molar-refractivity contribution in [1.82, 2.24) is 0 Å². The van der Waals surface area contributed by atoms with Gasteiger partial charge in [0.25, 0.3) is 0 Å². The summed E-state index contributed by atoms with van der Waals surface area (Å²) in [5.41, 5.74) is 0. The van der Waals surface area contributed by atoms with E-state index in [0.29, 0.717) is 6.42 Å². The predicted octanol–water partition coefficient (Wildman–Crippen LogP) is 3.36. The molecule has 0 bridgehead atoms. The van der Waals surface area contributed by atoms with E-state index in [0.717, 1.165) is 19.3 Å². The average molecular weight is 198 g/mol. The zero-order chi connectivity index (χ0) is 18.5. The summed E-state index contributed by atoms with van der Waals surface area (Å²) in [6.07, 6.45) is 1.38. The highest BCUT2D eigenvalue weighted by Gasteiger charge is 2.06. The second-order valence-corrected chi connectivity index (χ2v) is 2.72. The molecule has 0 aromatic carbocycles. The first-order valence-electron chi connectivity index (χ1n) is 9.50. The number of hydrogen-bond acceptors (Lipinski definition) is 2. The van der Waals surface area contributed by atoms with Crippen molar-refractivity contribution in [3.8, 4) is 0 Å². The van der Waals surface area contributed by atoms with Crippen LogP contribution in [0.25, 0.3) is 0 Å². The normalized spacial score (nSPS) is 26.6. The van der Waals surface area contributed by atoms with E-state index in [4.69, 9.17) is 23.2 Å². The topological polar surface area (TPSA) is 18.5 Å². The lowest BCUT2D eigenvalue weighted by atomic mass is 10.1. The highest BCUT2D eigenvalue weighted by molar-refractivity contribution is 4.47. The first-order valence-corrected chi connectivity index (χ1v) is 4.50. The molecular formula is C11H24O2. The van der Waals surface area contributed by atoms with Gasteiger partial charge in [-0.3, -0.25) is 0 Å². The molecule has 0 heterocycles. The Kier molecular flexibility index (Phi) is 2.94. The molecule has 0 aromatic heterocycles. The Balaban J connectivity index is 5.03. The van der Waals surface area contributed by atoms with Crippen LogP contribution in [0.1, 0.15) is 66.4 Å². The number of unbranched alkanes of at least 4 members (excludes halogenated alkanes) is 3. The molecule has 0 rings (SSSR count). The van der Waals surface area contributed by atoms with Crippen LogP contribution in [0.3, 0.4) is 0 Å². The Hall–Kier alpha value is -0.0800. The van der Waals surface area contributed by atoms with E-state index in [-0.39, 0.29) is 6.42 Å². The second kappa shape index (κ2) is 10.0. The SMILES string of the molecule is [2H]C([2H])([2H])C([2H])([2H])OC(CCCCCC)OC([2H])([2H])C([2H])([2H])[2H]. The molecule has 0 aromatic rings. The van der Waals surface area contributed by atoms with E-state index < -0.39 is 33.1 Å². The zero-order valence-electron chi connectivity index (χ0n) is 17.9. The summed E-state index contributed by atoms with van der Waals surface area (Å²) in [6.45, 7) is -10.4. The van der Waals surface area contributed by atoms with Crippen molar-refractivity contribution in [3.05, 3.63) is 0 Å². The molecule has 0 N–H and O–H groups in total. The highest BCUT2D eigenvalue weighted by atomic mass is 16.7. The molecule has 2 nitrogen and oxygen atoms in total. The molecule has 0 fully saturated rings. The summed E-state index contributed by atoms with van der Waals surface area (Å²) in [5.74, 6) is 0. The van der Waals surface area contributed by atoms with Gasteiger partial charge in [0.1, 0.15) is 0 Å². The summed E-state index contributed by atoms with van der Waals surface area (Å²) < 4.78 is 81.8. The van der Waals surface area contributed by atoms with Gasteiger partial charge in [-0.05, 0) is 26.5 Å². The van der Waals surface area contributed by atoms with Crippen molar-refractivity contribution in [2.24, 2.45) is 0 Å². The Morgan fingerprint density at radius 2 is 1.85 bits per heavy atom. The van der Waals surface area contributed by atoms with Crippen LogP contribution < -0.4 is 0 Å². The van der Waals surface area contributed by atoms with Gasteiger partial charge < -0.3 is 9.47 Å². The van der Waals surface area contributed by atoms with Crippen LogP contribution >= 0.6 is 0 Å². The fourth-order valence-electron chi connectivity index (χ4n) is 1.01. The third-order valence-electron chi connectivity index (χ3n) is 1.67. The molecule has 13 heavy (non-hydrogen) atoms. The Morgan fingerprint density at radius 1 is 1.15 bits per heavy atom. The van der Waals surface area contributed by atoms with Gasteiger partial charge in [0.2, 0.25) is 0 Å². The van der Waals surface area contributed by atoms with Crippen molar-refractivity contribution in [1.29, 1.82) is 0 Å². The van der Waals surface area contributed by atoms with Crippen LogP contribution in [-0.4, -0.2) is 19.4 Å². The standard InChI is InChI=1S/C11H24O2/c1-4-7-8-9-10-11(12-5-2)13-6-3/h11H,4-10H2,1-3H3/i2D3,3D3,5D2,6D2. The van der Waals surface area contributed by atoms with Gasteiger partial charge in [-0.25, -0.2) is 0 Å². The van der Waals surface area contributed by atoms with Gasteiger partial charge in [0.05, 0.1) is 5.48 Å². The van der Waals surface area contributed by atoms with E-state index >= 15 is 0 Å². The van der Waals surface area contributed by atoms with Gasteiger partial charge in [0.15, 0.2) is 6.29 Å². The smallest absolute Gasteiger partial charge is 0.157 e. The fourth-order valence-corrected chi connectivity index (χ4v) is 1.01. The van der Waals surface area contributed by atoms with Gasteiger partial charge >= 0.3 is 0 Å². The Bertz CT molecular complexity index is 322. The lowest BCUT2D eigenvalue weighted by Gasteiger charge is -2.16. The monoisotopic (exact) mass is 198 g/mol. The molecule has 0 saturated carbocycles. The molecule has 0 unspecified atom stereocenters. The quantitative estimate of drug-likeness (QED) is 0.418. The number of ether oxygens (including phenoxy) is 2. The van der Waals surface area contributed by atoms with E-state index in [1.807, 2.05) is 6.92 Å². The lowest BCUT2D eigenvalue weighted by Crippen LogP contribution is -2.17. The summed E-state index contributed by atoms with van der Waals surface area (Å²) in [5, 5.41) is 0. The molecule has 2 heteroatoms. The summed E-state index contributed by atoms with van der Waals surface area (Å²) in [6, 6.07) is 0. The molecule has 80 valence electrons. The van der Waals surface area contributed by atoms with Crippen LogP contribution in [0, 0.1) is 0 Å². The second-order valence-electron chi connectivity index (χ2n) is 2.72. The predicted molar refractivity (Wildman–Crippen MR) is 55.8 cm³/mol. The molecule has 0 saturated heterocycles. The Morgan fingerprint density at radius 3 is 2.38 bits per heavy atom. The first-order chi connectivity index (χ1) is 10.1. The minimum absolute atomic E-state index is 0.00875. The minimum Gasteiger partial charge on any atom is -0.353 e. The fraction of sp³-hybridized carbons (Fsp3) is 1.00. The van der Waals surface area contributed by atoms with Crippen molar-refractivity contribution >= 4 is 0 Å². The van der Waals surface area contributed by atoms with Gasteiger partial charge in [-0.15, -0.1) is 0 Å². The average Bonchev–Trinajstić information content (AvgIpc) is 2.30. The van der Waals surface area contributed by atoms with Crippen LogP contribution in [-0.2, 0) is 9.47 Å². The van der Waals surface area contributed by atoms with E-state index in [9.17, 15) is 0 Å². The Labute approximate surface area is 96.7 Å². The largest absolute Gasteiger partial charge is 0.353 e. The van der Waals surface area contributed by atoms with Gasteiger partial charge in [0, 0.05) is 21.3 Å². The van der Waals surface area contributed by atoms with Crippen LogP contribution in [0.2, 0.25) is 0 Å². The van der Waals surface area contributed by atoms with Crippen molar-refractivity contribution in [3.63, 3.8) is 0 Å². The molecule has 0 aliphatic heterocycles. The number of rotatable bonds is 9. The third-order valence-corrected chi connectivity index (χ3v) is 1.67. The summed E-state index contributed by atoms with van der Waals surface area (Å²) >= 11 is 0. The molecule has 0 radical (unpaired) electrons. The molecule has 0 atom stereocenters. The molecular weight excluding hydrogens is 164 g/mol. The van der Waals surface area contributed by atoms with Crippen LogP contribution in [0.5, 0.6) is 0 Å². The van der Waals surface area contributed by atoms with Gasteiger partial charge in [-0.2, -0.15) is 0 Å². The zero-order valence-corrected chi connectivity index (χ0v) is 7.93. The van der Waals surface area contributed by atoms with E-state index in [1.54, 1.807) is 0 Å². The molecule has 0 spiro atoms. The highest BCUT2D eigenvalue weighted by Crippen LogP contribution is 2.09. The first kappa shape index (κ1) is 3.82. The minimum atomic E-state index is -3.11. The molecule has 0 aliphatic carbocycles. The van der Waals surface area contributed by atoms with Gasteiger partial charge in [-0.1, -0.05) is 26.2 Å². The van der Waals surface area contributed by atoms with Crippen LogP contribution in [0.4, 0.5) is 0 Å². The summed E-state index contributed by atoms with van der Waals surface area (Å²) in [4.78, 5) is 0. The number of hydrogen-bond donors (Lipinski definition) is 0. The lowest BCUT2D eigenvalue weighted by molar-refractivity contribution is -0.140. The maximum Gasteiger partial charge on any atom is 0.157 e. The maximum atomic E-state index is 7.43. The van der Waals surface area contributed by atoms with Crippen LogP contribution in [0.15, 0.2) is 0 Å². The maximum absolute atomic E-state index is 7.43. The third kappa shape index (κ3) is 8.26. The molecule has 0 amide bonds.